The predicted octanol–water partition coefficient (Wildman–Crippen LogP) is 4.81. The fourth-order valence-electron chi connectivity index (χ4n) is 2.58. The molecule has 0 aliphatic carbocycles. The molecule has 0 bridgehead atoms. The second-order valence-corrected chi connectivity index (χ2v) is 7.00. The summed E-state index contributed by atoms with van der Waals surface area (Å²) < 4.78 is 0. The van der Waals surface area contributed by atoms with Gasteiger partial charge in [-0.3, -0.25) is 4.79 Å². The molecule has 0 aromatic heterocycles. The first-order chi connectivity index (χ1) is 10.7. The van der Waals surface area contributed by atoms with E-state index in [1.165, 1.54) is 5.56 Å². The van der Waals surface area contributed by atoms with Gasteiger partial charge in [-0.1, -0.05) is 59.6 Å². The Kier molecular flexibility index (Phi) is 4.97. The summed E-state index contributed by atoms with van der Waals surface area (Å²) in [7, 11) is 0. The fourth-order valence-corrected chi connectivity index (χ4v) is 4.60. The summed E-state index contributed by atoms with van der Waals surface area (Å²) in [5.74, 6) is 0.614. The highest BCUT2D eigenvalue weighted by atomic mass is 35.5. The van der Waals surface area contributed by atoms with E-state index in [-0.39, 0.29) is 11.3 Å². The van der Waals surface area contributed by atoms with Crippen molar-refractivity contribution in [3.05, 3.63) is 69.7 Å². The van der Waals surface area contributed by atoms with E-state index in [1.807, 2.05) is 41.3 Å². The summed E-state index contributed by atoms with van der Waals surface area (Å²) >= 11 is 14.2. The third-order valence-corrected chi connectivity index (χ3v) is 5.58. The van der Waals surface area contributed by atoms with Crippen LogP contribution in [0.2, 0.25) is 10.0 Å². The van der Waals surface area contributed by atoms with Crippen molar-refractivity contribution in [3.63, 3.8) is 0 Å². The van der Waals surface area contributed by atoms with Crippen molar-refractivity contribution in [2.24, 2.45) is 0 Å². The summed E-state index contributed by atoms with van der Waals surface area (Å²) in [5.41, 5.74) is 2.06. The molecule has 2 nitrogen and oxygen atoms in total. The van der Waals surface area contributed by atoms with E-state index in [1.54, 1.807) is 11.8 Å². The summed E-state index contributed by atoms with van der Waals surface area (Å²) in [5, 5.41) is 1.13. The molecule has 1 aliphatic heterocycles. The smallest absolute Gasteiger partial charge is 0.233 e. The zero-order chi connectivity index (χ0) is 15.5. The van der Waals surface area contributed by atoms with E-state index < -0.39 is 0 Å². The molecule has 1 amide bonds. The average molecular weight is 352 g/mol. The first-order valence-electron chi connectivity index (χ1n) is 7.05. The molecule has 2 aromatic rings. The van der Waals surface area contributed by atoms with E-state index in [0.29, 0.717) is 22.3 Å². The number of hydrogen-bond acceptors (Lipinski definition) is 2. The number of carbonyl (C=O) groups excluding carboxylic acids is 1. The molecule has 1 heterocycles. The fraction of sp³-hybridized carbons (Fsp3) is 0.235. The first-order valence-corrected chi connectivity index (χ1v) is 8.86. The number of rotatable bonds is 4. The Bertz CT molecular complexity index is 657. The van der Waals surface area contributed by atoms with E-state index in [0.717, 1.165) is 12.0 Å². The highest BCUT2D eigenvalue weighted by Crippen LogP contribution is 2.44. The molecule has 5 heteroatoms. The van der Waals surface area contributed by atoms with Gasteiger partial charge in [0.2, 0.25) is 5.91 Å². The van der Waals surface area contributed by atoms with Crippen LogP contribution in [0.5, 0.6) is 0 Å². The minimum Gasteiger partial charge on any atom is -0.325 e. The third kappa shape index (κ3) is 3.27. The van der Waals surface area contributed by atoms with Crippen LogP contribution >= 0.6 is 35.0 Å². The van der Waals surface area contributed by atoms with Gasteiger partial charge in [0.25, 0.3) is 0 Å². The maximum absolute atomic E-state index is 12.2. The molecule has 2 aromatic carbocycles. The van der Waals surface area contributed by atoms with Crippen LogP contribution in [0, 0.1) is 0 Å². The Hall–Kier alpha value is -1.16. The van der Waals surface area contributed by atoms with Crippen molar-refractivity contribution in [2.45, 2.75) is 11.8 Å². The lowest BCUT2D eigenvalue weighted by Gasteiger charge is -2.25. The SMILES string of the molecule is O=C1CSC(c2c(Cl)cccc2Cl)N1CCc1ccccc1. The van der Waals surface area contributed by atoms with Crippen LogP contribution in [0.15, 0.2) is 48.5 Å². The maximum atomic E-state index is 12.2. The summed E-state index contributed by atoms with van der Waals surface area (Å²) in [6, 6.07) is 15.6. The van der Waals surface area contributed by atoms with Gasteiger partial charge in [0.1, 0.15) is 5.37 Å². The molecule has 0 saturated carbocycles. The van der Waals surface area contributed by atoms with Crippen LogP contribution in [-0.2, 0) is 11.2 Å². The number of benzene rings is 2. The molecular formula is C17H15Cl2NOS. The lowest BCUT2D eigenvalue weighted by molar-refractivity contribution is -0.128. The van der Waals surface area contributed by atoms with E-state index in [9.17, 15) is 4.79 Å². The second-order valence-electron chi connectivity index (χ2n) is 5.12. The number of hydrogen-bond donors (Lipinski definition) is 0. The predicted molar refractivity (Wildman–Crippen MR) is 93.5 cm³/mol. The molecule has 114 valence electrons. The van der Waals surface area contributed by atoms with Crippen LogP contribution < -0.4 is 0 Å². The quantitative estimate of drug-likeness (QED) is 0.787. The lowest BCUT2D eigenvalue weighted by Crippen LogP contribution is -2.30. The van der Waals surface area contributed by atoms with Crippen molar-refractivity contribution in [1.29, 1.82) is 0 Å². The van der Waals surface area contributed by atoms with Crippen LogP contribution in [0.1, 0.15) is 16.5 Å². The van der Waals surface area contributed by atoms with Gasteiger partial charge < -0.3 is 4.90 Å². The van der Waals surface area contributed by atoms with Gasteiger partial charge in [-0.15, -0.1) is 11.8 Å². The molecular weight excluding hydrogens is 337 g/mol. The van der Waals surface area contributed by atoms with Gasteiger partial charge >= 0.3 is 0 Å². The van der Waals surface area contributed by atoms with E-state index in [2.05, 4.69) is 12.1 Å². The molecule has 0 spiro atoms. The van der Waals surface area contributed by atoms with Crippen molar-refractivity contribution in [1.82, 2.24) is 4.90 Å². The molecule has 0 radical (unpaired) electrons. The molecule has 0 N–H and O–H groups in total. The standard InChI is InChI=1S/C17H15Cl2NOS/c18-13-7-4-8-14(19)16(13)17-20(15(21)11-22-17)10-9-12-5-2-1-3-6-12/h1-8,17H,9-11H2. The Morgan fingerprint density at radius 2 is 1.73 bits per heavy atom. The van der Waals surface area contributed by atoms with Crippen molar-refractivity contribution < 1.29 is 4.79 Å². The number of nitrogens with zero attached hydrogens (tertiary/aromatic N) is 1. The minimum atomic E-state index is -0.0996. The molecule has 22 heavy (non-hydrogen) atoms. The van der Waals surface area contributed by atoms with Gasteiger partial charge in [-0.25, -0.2) is 0 Å². The highest BCUT2D eigenvalue weighted by molar-refractivity contribution is 8.00. The first kappa shape index (κ1) is 15.7. The van der Waals surface area contributed by atoms with Crippen LogP contribution in [0.4, 0.5) is 0 Å². The van der Waals surface area contributed by atoms with Crippen molar-refractivity contribution in [3.8, 4) is 0 Å². The Morgan fingerprint density at radius 1 is 1.05 bits per heavy atom. The topological polar surface area (TPSA) is 20.3 Å². The molecule has 1 unspecified atom stereocenters. The molecule has 3 rings (SSSR count). The monoisotopic (exact) mass is 351 g/mol. The van der Waals surface area contributed by atoms with Gasteiger partial charge in [0, 0.05) is 22.2 Å². The number of carbonyl (C=O) groups is 1. The highest BCUT2D eigenvalue weighted by Gasteiger charge is 2.34. The normalized spacial score (nSPS) is 18.0. The van der Waals surface area contributed by atoms with Gasteiger partial charge in [-0.2, -0.15) is 0 Å². The third-order valence-electron chi connectivity index (χ3n) is 3.70. The Labute approximate surface area is 144 Å². The second kappa shape index (κ2) is 6.95. The van der Waals surface area contributed by atoms with Crippen LogP contribution in [0.25, 0.3) is 0 Å². The number of thioether (sulfide) groups is 1. The summed E-state index contributed by atoms with van der Waals surface area (Å²) in [6.07, 6.45) is 0.825. The minimum absolute atomic E-state index is 0.0996. The summed E-state index contributed by atoms with van der Waals surface area (Å²) in [4.78, 5) is 14.1. The molecule has 1 aliphatic rings. The molecule has 1 atom stereocenters. The van der Waals surface area contributed by atoms with Crippen molar-refractivity contribution in [2.75, 3.05) is 12.3 Å². The Morgan fingerprint density at radius 3 is 2.41 bits per heavy atom. The average Bonchev–Trinajstić information content (AvgIpc) is 2.87. The lowest BCUT2D eigenvalue weighted by atomic mass is 10.1. The van der Waals surface area contributed by atoms with E-state index in [4.69, 9.17) is 23.2 Å². The van der Waals surface area contributed by atoms with Crippen LogP contribution in [-0.4, -0.2) is 23.1 Å². The zero-order valence-electron chi connectivity index (χ0n) is 11.8. The van der Waals surface area contributed by atoms with E-state index >= 15 is 0 Å². The largest absolute Gasteiger partial charge is 0.325 e. The maximum Gasteiger partial charge on any atom is 0.233 e. The molecule has 1 saturated heterocycles. The zero-order valence-corrected chi connectivity index (χ0v) is 14.2. The number of amides is 1. The van der Waals surface area contributed by atoms with Crippen molar-refractivity contribution >= 4 is 40.9 Å². The Balaban J connectivity index is 1.81. The van der Waals surface area contributed by atoms with Gasteiger partial charge in [0.15, 0.2) is 0 Å². The van der Waals surface area contributed by atoms with Gasteiger partial charge in [0.05, 0.1) is 5.75 Å². The number of halogens is 2. The molecule has 1 fully saturated rings. The van der Waals surface area contributed by atoms with Crippen LogP contribution in [0.3, 0.4) is 0 Å². The summed E-state index contributed by atoms with van der Waals surface area (Å²) in [6.45, 7) is 0.669. The van der Waals surface area contributed by atoms with Gasteiger partial charge in [-0.05, 0) is 24.1 Å².